The Hall–Kier alpha value is -3.15. The van der Waals surface area contributed by atoms with Crippen molar-refractivity contribution in [2.75, 3.05) is 7.11 Å². The number of rotatable bonds is 4. The van der Waals surface area contributed by atoms with Crippen LogP contribution in [0.25, 0.3) is 6.08 Å². The maximum absolute atomic E-state index is 12.3. The molecule has 0 bridgehead atoms. The van der Waals surface area contributed by atoms with Gasteiger partial charge >= 0.3 is 0 Å². The van der Waals surface area contributed by atoms with Gasteiger partial charge < -0.3 is 9.64 Å². The Kier molecular flexibility index (Phi) is 4.29. The predicted molar refractivity (Wildman–Crippen MR) is 89.4 cm³/mol. The summed E-state index contributed by atoms with van der Waals surface area (Å²) < 4.78 is 5.13. The molecule has 0 saturated carbocycles. The van der Waals surface area contributed by atoms with E-state index in [-0.39, 0.29) is 11.6 Å². The smallest absolute Gasteiger partial charge is 0.269 e. The average molecular weight is 324 g/mol. The van der Waals surface area contributed by atoms with Crippen molar-refractivity contribution in [2.45, 2.75) is 13.1 Å². The first kappa shape index (κ1) is 15.7. The monoisotopic (exact) mass is 324 g/mol. The van der Waals surface area contributed by atoms with Crippen LogP contribution in [0.4, 0.5) is 5.69 Å². The molecule has 0 aromatic heterocycles. The number of carbonyl (C=O) groups excluding carboxylic acids is 1. The number of hydrogen-bond acceptors (Lipinski definition) is 4. The maximum Gasteiger partial charge on any atom is 0.269 e. The lowest BCUT2D eigenvalue weighted by molar-refractivity contribution is -0.384. The summed E-state index contributed by atoms with van der Waals surface area (Å²) in [5, 5.41) is 11.0. The molecular formula is C18H16N2O4. The van der Waals surface area contributed by atoms with Gasteiger partial charge in [-0.05, 0) is 41.0 Å². The van der Waals surface area contributed by atoms with E-state index in [0.717, 1.165) is 22.4 Å². The van der Waals surface area contributed by atoms with Crippen LogP contribution in [0.3, 0.4) is 0 Å². The van der Waals surface area contributed by atoms with Gasteiger partial charge in [0.2, 0.25) is 5.91 Å². The Bertz CT molecular complexity index is 812. The molecule has 0 atom stereocenters. The first-order valence-electron chi connectivity index (χ1n) is 7.44. The van der Waals surface area contributed by atoms with Crippen LogP contribution in [0.1, 0.15) is 16.7 Å². The summed E-state index contributed by atoms with van der Waals surface area (Å²) in [5.41, 5.74) is 2.58. The first-order valence-corrected chi connectivity index (χ1v) is 7.44. The van der Waals surface area contributed by atoms with E-state index >= 15 is 0 Å². The van der Waals surface area contributed by atoms with Crippen molar-refractivity contribution in [1.82, 2.24) is 4.90 Å². The van der Waals surface area contributed by atoms with E-state index in [1.54, 1.807) is 24.2 Å². The van der Waals surface area contributed by atoms with Gasteiger partial charge in [0.25, 0.3) is 5.69 Å². The van der Waals surface area contributed by atoms with E-state index in [0.29, 0.717) is 13.1 Å². The van der Waals surface area contributed by atoms with E-state index in [2.05, 4.69) is 0 Å². The van der Waals surface area contributed by atoms with Crippen LogP contribution in [0.5, 0.6) is 5.75 Å². The highest BCUT2D eigenvalue weighted by Gasteiger charge is 2.19. The van der Waals surface area contributed by atoms with E-state index < -0.39 is 4.92 Å². The van der Waals surface area contributed by atoms with Gasteiger partial charge in [-0.1, -0.05) is 12.1 Å². The van der Waals surface area contributed by atoms with Crippen LogP contribution in [0.15, 0.2) is 48.5 Å². The molecule has 0 radical (unpaired) electrons. The number of nitro groups is 1. The number of non-ortho nitro benzene ring substituents is 1. The maximum atomic E-state index is 12.3. The Balaban J connectivity index is 1.86. The standard InChI is InChI=1S/C18H16N2O4/c1-24-17-7-2-13(3-8-17)11-19-12-15-10-16(20(22)23)6-4-14(15)5-9-18(19)21/h2-10H,11-12H2,1H3. The lowest BCUT2D eigenvalue weighted by atomic mass is 10.1. The number of nitro benzene ring substituents is 1. The average Bonchev–Trinajstić information content (AvgIpc) is 2.74. The summed E-state index contributed by atoms with van der Waals surface area (Å²) in [6.45, 7) is 0.754. The molecule has 0 fully saturated rings. The van der Waals surface area contributed by atoms with Crippen molar-refractivity contribution >= 4 is 17.7 Å². The molecule has 0 aliphatic carbocycles. The largest absolute Gasteiger partial charge is 0.497 e. The second kappa shape index (κ2) is 6.54. The highest BCUT2D eigenvalue weighted by molar-refractivity contribution is 5.93. The molecule has 0 N–H and O–H groups in total. The number of methoxy groups -OCH3 is 1. The number of amides is 1. The molecule has 6 nitrogen and oxygen atoms in total. The second-order valence-electron chi connectivity index (χ2n) is 5.52. The molecule has 6 heteroatoms. The van der Waals surface area contributed by atoms with E-state index in [9.17, 15) is 14.9 Å². The zero-order valence-electron chi connectivity index (χ0n) is 13.1. The molecule has 3 rings (SSSR count). The Morgan fingerprint density at radius 1 is 1.17 bits per heavy atom. The van der Waals surface area contributed by atoms with Gasteiger partial charge in [-0.15, -0.1) is 0 Å². The molecule has 1 aliphatic heterocycles. The minimum atomic E-state index is -0.426. The quantitative estimate of drug-likeness (QED) is 0.639. The number of nitrogens with zero attached hydrogens (tertiary/aromatic N) is 2. The molecule has 0 unspecified atom stereocenters. The van der Waals surface area contributed by atoms with Crippen molar-refractivity contribution in [3.05, 3.63) is 75.3 Å². The molecule has 2 aromatic carbocycles. The van der Waals surface area contributed by atoms with Crippen LogP contribution in [0, 0.1) is 10.1 Å². The van der Waals surface area contributed by atoms with E-state index in [1.807, 2.05) is 24.3 Å². The Morgan fingerprint density at radius 3 is 2.58 bits per heavy atom. The normalized spacial score (nSPS) is 13.4. The van der Waals surface area contributed by atoms with Crippen LogP contribution in [-0.4, -0.2) is 22.8 Å². The minimum Gasteiger partial charge on any atom is -0.497 e. The van der Waals surface area contributed by atoms with E-state index in [4.69, 9.17) is 4.74 Å². The predicted octanol–water partition coefficient (Wildman–Crippen LogP) is 3.16. The summed E-state index contributed by atoms with van der Waals surface area (Å²) >= 11 is 0. The fourth-order valence-corrected chi connectivity index (χ4v) is 2.64. The molecule has 1 aliphatic rings. The van der Waals surface area contributed by atoms with Crippen LogP contribution in [-0.2, 0) is 17.9 Å². The highest BCUT2D eigenvalue weighted by Crippen LogP contribution is 2.24. The Labute approximate surface area is 139 Å². The third-order valence-corrected chi connectivity index (χ3v) is 3.95. The van der Waals surface area contributed by atoms with Gasteiger partial charge in [0, 0.05) is 31.3 Å². The van der Waals surface area contributed by atoms with Gasteiger partial charge in [0.05, 0.1) is 12.0 Å². The zero-order chi connectivity index (χ0) is 17.1. The molecule has 1 amide bonds. The van der Waals surface area contributed by atoms with Gasteiger partial charge in [-0.2, -0.15) is 0 Å². The molecule has 2 aromatic rings. The number of carbonyl (C=O) groups is 1. The third-order valence-electron chi connectivity index (χ3n) is 3.95. The number of fused-ring (bicyclic) bond motifs is 1. The fraction of sp³-hybridized carbons (Fsp3) is 0.167. The van der Waals surface area contributed by atoms with Crippen molar-refractivity contribution in [3.63, 3.8) is 0 Å². The van der Waals surface area contributed by atoms with Crippen LogP contribution in [0.2, 0.25) is 0 Å². The first-order chi connectivity index (χ1) is 11.6. The SMILES string of the molecule is COc1ccc(CN2Cc3cc([N+](=O)[O-])ccc3C=CC2=O)cc1. The van der Waals surface area contributed by atoms with E-state index in [1.165, 1.54) is 18.2 Å². The van der Waals surface area contributed by atoms with Gasteiger partial charge in [0.1, 0.15) is 5.75 Å². The molecular weight excluding hydrogens is 308 g/mol. The number of ether oxygens (including phenoxy) is 1. The van der Waals surface area contributed by atoms with Crippen molar-refractivity contribution in [1.29, 1.82) is 0 Å². The molecule has 0 saturated heterocycles. The lowest BCUT2D eigenvalue weighted by Crippen LogP contribution is -2.27. The van der Waals surface area contributed by atoms with Gasteiger partial charge in [-0.25, -0.2) is 0 Å². The van der Waals surface area contributed by atoms with Crippen molar-refractivity contribution < 1.29 is 14.5 Å². The van der Waals surface area contributed by atoms with Gasteiger partial charge in [0.15, 0.2) is 0 Å². The van der Waals surface area contributed by atoms with Crippen LogP contribution < -0.4 is 4.74 Å². The summed E-state index contributed by atoms with van der Waals surface area (Å²) in [4.78, 5) is 24.5. The topological polar surface area (TPSA) is 72.7 Å². The molecule has 122 valence electrons. The number of hydrogen-bond donors (Lipinski definition) is 0. The van der Waals surface area contributed by atoms with Crippen molar-refractivity contribution in [2.24, 2.45) is 0 Å². The fourth-order valence-electron chi connectivity index (χ4n) is 2.64. The summed E-state index contributed by atoms with van der Waals surface area (Å²) in [6.07, 6.45) is 3.20. The summed E-state index contributed by atoms with van der Waals surface area (Å²) in [6, 6.07) is 12.1. The highest BCUT2D eigenvalue weighted by atomic mass is 16.6. The summed E-state index contributed by atoms with van der Waals surface area (Å²) in [7, 11) is 1.60. The summed E-state index contributed by atoms with van der Waals surface area (Å²) in [5.74, 6) is 0.631. The third kappa shape index (κ3) is 3.27. The van der Waals surface area contributed by atoms with Crippen LogP contribution >= 0.6 is 0 Å². The molecule has 0 spiro atoms. The van der Waals surface area contributed by atoms with Gasteiger partial charge in [-0.3, -0.25) is 14.9 Å². The minimum absolute atomic E-state index is 0.0286. The number of benzene rings is 2. The Morgan fingerprint density at radius 2 is 1.92 bits per heavy atom. The zero-order valence-corrected chi connectivity index (χ0v) is 13.1. The van der Waals surface area contributed by atoms with Crippen molar-refractivity contribution in [3.8, 4) is 5.75 Å². The molecule has 1 heterocycles. The second-order valence-corrected chi connectivity index (χ2v) is 5.52. The lowest BCUT2D eigenvalue weighted by Gasteiger charge is -2.21. The molecule has 24 heavy (non-hydrogen) atoms.